The molecule has 1 unspecified atom stereocenters. The van der Waals surface area contributed by atoms with Crippen LogP contribution in [-0.2, 0) is 22.5 Å². The third-order valence-corrected chi connectivity index (χ3v) is 4.19. The maximum Gasteiger partial charge on any atom is 0.331 e. The number of hydrogen-bond acceptors (Lipinski definition) is 4. The minimum Gasteiger partial charge on any atom is -0.467 e. The molecule has 0 saturated heterocycles. The Bertz CT molecular complexity index is 856. The molecule has 2 aromatic carbocycles. The number of carbonyl (C=O) groups excluding carboxylic acids is 1. The molecule has 0 N–H and O–H groups in total. The molecule has 0 aliphatic rings. The maximum atomic E-state index is 12.4. The molecule has 25 heavy (non-hydrogen) atoms. The van der Waals surface area contributed by atoms with Gasteiger partial charge in [0.25, 0.3) is 0 Å². The Balaban J connectivity index is 1.99. The van der Waals surface area contributed by atoms with Crippen LogP contribution in [0, 0.1) is 0 Å². The van der Waals surface area contributed by atoms with Crippen molar-refractivity contribution >= 4 is 16.9 Å². The van der Waals surface area contributed by atoms with E-state index in [1.807, 2.05) is 62.8 Å². The number of hydrogen-bond donors (Lipinski definition) is 0. The van der Waals surface area contributed by atoms with Gasteiger partial charge in [-0.25, -0.2) is 4.79 Å². The summed E-state index contributed by atoms with van der Waals surface area (Å²) in [7, 11) is 5.48. The average Bonchev–Trinajstić information content (AvgIpc) is 3.04. The molecule has 0 spiro atoms. The van der Waals surface area contributed by atoms with Crippen LogP contribution in [0.1, 0.15) is 17.2 Å². The van der Waals surface area contributed by atoms with Gasteiger partial charge in [0.05, 0.1) is 12.6 Å². The molecule has 0 fully saturated rings. The van der Waals surface area contributed by atoms with Gasteiger partial charge < -0.3 is 9.64 Å². The highest BCUT2D eigenvalue weighted by Crippen LogP contribution is 2.23. The molecule has 3 rings (SSSR count). The second-order valence-electron chi connectivity index (χ2n) is 6.43. The van der Waals surface area contributed by atoms with Crippen molar-refractivity contribution < 1.29 is 9.53 Å². The molecule has 0 saturated carbocycles. The lowest BCUT2D eigenvalue weighted by atomic mass is 10.1. The van der Waals surface area contributed by atoms with Gasteiger partial charge in [-0.2, -0.15) is 5.10 Å². The summed E-state index contributed by atoms with van der Waals surface area (Å²) in [5.74, 6) is -0.286. The zero-order valence-electron chi connectivity index (χ0n) is 14.8. The highest BCUT2D eigenvalue weighted by Gasteiger charge is 2.23. The van der Waals surface area contributed by atoms with Gasteiger partial charge in [-0.1, -0.05) is 48.5 Å². The zero-order chi connectivity index (χ0) is 17.8. The Morgan fingerprint density at radius 1 is 1.16 bits per heavy atom. The fourth-order valence-corrected chi connectivity index (χ4v) is 3.01. The smallest absolute Gasteiger partial charge is 0.331 e. The molecule has 0 aliphatic carbocycles. The summed E-state index contributed by atoms with van der Waals surface area (Å²) in [6, 6.07) is 15.6. The van der Waals surface area contributed by atoms with E-state index in [-0.39, 0.29) is 5.97 Å². The van der Waals surface area contributed by atoms with Gasteiger partial charge in [0, 0.05) is 24.5 Å². The number of aromatic nitrogens is 2. The molecule has 3 aromatic rings. The predicted molar refractivity (Wildman–Crippen MR) is 98.3 cm³/mol. The minimum atomic E-state index is -0.480. The number of fused-ring (bicyclic) bond motifs is 1. The normalized spacial score (nSPS) is 12.5. The molecular formula is C20H23N3O2. The molecule has 0 amide bonds. The summed E-state index contributed by atoms with van der Waals surface area (Å²) >= 11 is 0. The standard InChI is InChI=1S/C20H23N3O2/c1-22(2)13-16-10-7-11-17-14-23(21-19(16)17)18(20(24)25-3)12-15-8-5-4-6-9-15/h4-11,14,18H,12-13H2,1-3H3. The Labute approximate surface area is 147 Å². The van der Waals surface area contributed by atoms with Crippen molar-refractivity contribution in [3.8, 4) is 0 Å². The van der Waals surface area contributed by atoms with Crippen LogP contribution in [0.2, 0.25) is 0 Å². The lowest BCUT2D eigenvalue weighted by molar-refractivity contribution is -0.144. The van der Waals surface area contributed by atoms with Crippen LogP contribution >= 0.6 is 0 Å². The molecule has 5 heteroatoms. The fourth-order valence-electron chi connectivity index (χ4n) is 3.01. The van der Waals surface area contributed by atoms with Crippen molar-refractivity contribution in [2.45, 2.75) is 19.0 Å². The first kappa shape index (κ1) is 17.2. The van der Waals surface area contributed by atoms with Gasteiger partial charge in [-0.15, -0.1) is 0 Å². The zero-order valence-corrected chi connectivity index (χ0v) is 14.8. The number of nitrogens with zero attached hydrogens (tertiary/aromatic N) is 3. The second kappa shape index (κ2) is 7.49. The highest BCUT2D eigenvalue weighted by atomic mass is 16.5. The summed E-state index contributed by atoms with van der Waals surface area (Å²) in [5.41, 5.74) is 3.15. The summed E-state index contributed by atoms with van der Waals surface area (Å²) in [4.78, 5) is 14.5. The maximum absolute atomic E-state index is 12.4. The first-order valence-corrected chi connectivity index (χ1v) is 8.31. The molecule has 5 nitrogen and oxygen atoms in total. The number of benzene rings is 2. The Morgan fingerprint density at radius 3 is 2.60 bits per heavy atom. The number of ether oxygens (including phenoxy) is 1. The highest BCUT2D eigenvalue weighted by molar-refractivity contribution is 5.82. The van der Waals surface area contributed by atoms with Crippen LogP contribution in [0.5, 0.6) is 0 Å². The van der Waals surface area contributed by atoms with E-state index in [0.717, 1.165) is 28.6 Å². The predicted octanol–water partition coefficient (Wildman–Crippen LogP) is 3.05. The van der Waals surface area contributed by atoms with E-state index in [1.165, 1.54) is 7.11 Å². The molecule has 0 bridgehead atoms. The van der Waals surface area contributed by atoms with Crippen LogP contribution in [0.3, 0.4) is 0 Å². The SMILES string of the molecule is COC(=O)C(Cc1ccccc1)n1cc2cccc(CN(C)C)c2n1. The molecular weight excluding hydrogens is 314 g/mol. The second-order valence-corrected chi connectivity index (χ2v) is 6.43. The Morgan fingerprint density at radius 2 is 1.92 bits per heavy atom. The lowest BCUT2D eigenvalue weighted by Crippen LogP contribution is -2.23. The van der Waals surface area contributed by atoms with Gasteiger partial charge in [-0.05, 0) is 25.2 Å². The molecule has 130 valence electrons. The number of esters is 1. The lowest BCUT2D eigenvalue weighted by Gasteiger charge is -2.15. The molecule has 0 radical (unpaired) electrons. The van der Waals surface area contributed by atoms with Gasteiger partial charge in [0.1, 0.15) is 0 Å². The van der Waals surface area contributed by atoms with Crippen molar-refractivity contribution in [1.29, 1.82) is 0 Å². The number of carbonyl (C=O) groups is 1. The van der Waals surface area contributed by atoms with Gasteiger partial charge in [0.15, 0.2) is 6.04 Å². The van der Waals surface area contributed by atoms with E-state index < -0.39 is 6.04 Å². The van der Waals surface area contributed by atoms with Crippen molar-refractivity contribution in [2.75, 3.05) is 21.2 Å². The Kier molecular flexibility index (Phi) is 5.14. The molecule has 1 atom stereocenters. The first-order chi connectivity index (χ1) is 12.1. The average molecular weight is 337 g/mol. The van der Waals surface area contributed by atoms with E-state index in [9.17, 15) is 4.79 Å². The molecule has 1 heterocycles. The minimum absolute atomic E-state index is 0.286. The van der Waals surface area contributed by atoms with E-state index in [2.05, 4.69) is 11.0 Å². The first-order valence-electron chi connectivity index (χ1n) is 8.31. The summed E-state index contributed by atoms with van der Waals surface area (Å²) < 4.78 is 6.76. The summed E-state index contributed by atoms with van der Waals surface area (Å²) in [6.07, 6.45) is 2.48. The molecule has 0 aliphatic heterocycles. The van der Waals surface area contributed by atoms with Crippen molar-refractivity contribution in [1.82, 2.24) is 14.7 Å². The van der Waals surface area contributed by atoms with Crippen molar-refractivity contribution in [3.63, 3.8) is 0 Å². The number of methoxy groups -OCH3 is 1. The van der Waals surface area contributed by atoms with E-state index >= 15 is 0 Å². The van der Waals surface area contributed by atoms with Crippen molar-refractivity contribution in [3.05, 3.63) is 65.9 Å². The monoisotopic (exact) mass is 337 g/mol. The van der Waals surface area contributed by atoms with Crippen LogP contribution in [0.4, 0.5) is 0 Å². The largest absolute Gasteiger partial charge is 0.467 e. The van der Waals surface area contributed by atoms with E-state index in [4.69, 9.17) is 9.84 Å². The third-order valence-electron chi connectivity index (χ3n) is 4.19. The van der Waals surface area contributed by atoms with Crippen LogP contribution in [0.15, 0.2) is 54.7 Å². The van der Waals surface area contributed by atoms with Gasteiger partial charge in [0.2, 0.25) is 0 Å². The quantitative estimate of drug-likeness (QED) is 0.649. The fraction of sp³-hybridized carbons (Fsp3) is 0.300. The van der Waals surface area contributed by atoms with Crippen molar-refractivity contribution in [2.24, 2.45) is 0 Å². The van der Waals surface area contributed by atoms with E-state index in [0.29, 0.717) is 6.42 Å². The van der Waals surface area contributed by atoms with Crippen LogP contribution in [0.25, 0.3) is 10.9 Å². The van der Waals surface area contributed by atoms with Crippen LogP contribution < -0.4 is 0 Å². The molecule has 1 aromatic heterocycles. The Hall–Kier alpha value is -2.66. The third kappa shape index (κ3) is 3.88. The van der Waals surface area contributed by atoms with Gasteiger partial charge >= 0.3 is 5.97 Å². The topological polar surface area (TPSA) is 47.4 Å². The van der Waals surface area contributed by atoms with Gasteiger partial charge in [-0.3, -0.25) is 4.68 Å². The number of rotatable bonds is 6. The van der Waals surface area contributed by atoms with Crippen LogP contribution in [-0.4, -0.2) is 41.9 Å². The summed E-state index contributed by atoms with van der Waals surface area (Å²) in [5, 5.41) is 5.75. The van der Waals surface area contributed by atoms with E-state index in [1.54, 1.807) is 4.68 Å². The summed E-state index contributed by atoms with van der Waals surface area (Å²) in [6.45, 7) is 0.802.